The lowest BCUT2D eigenvalue weighted by Crippen LogP contribution is -2.52. The molecule has 0 aliphatic carbocycles. The smallest absolute Gasteiger partial charge is 0.262 e. The van der Waals surface area contributed by atoms with Crippen LogP contribution in [0.4, 0.5) is 5.69 Å². The Labute approximate surface area is 191 Å². The Morgan fingerprint density at radius 1 is 1.16 bits per heavy atom. The molecule has 1 fully saturated rings. The lowest BCUT2D eigenvalue weighted by atomic mass is 9.98. The first kappa shape index (κ1) is 20.8. The van der Waals surface area contributed by atoms with Gasteiger partial charge in [0.1, 0.15) is 5.75 Å². The van der Waals surface area contributed by atoms with Gasteiger partial charge in [0, 0.05) is 26.1 Å². The summed E-state index contributed by atoms with van der Waals surface area (Å²) < 4.78 is 7.05. The van der Waals surface area contributed by atoms with Crippen LogP contribution in [0.2, 0.25) is 0 Å². The number of hydrogen-bond acceptors (Lipinski definition) is 6. The van der Waals surface area contributed by atoms with Crippen molar-refractivity contribution in [1.29, 1.82) is 0 Å². The minimum Gasteiger partial charge on any atom is -0.477 e. The second-order valence-electron chi connectivity index (χ2n) is 8.27. The van der Waals surface area contributed by atoms with Crippen molar-refractivity contribution in [2.75, 3.05) is 38.1 Å². The third-order valence-electron chi connectivity index (χ3n) is 6.16. The molecular formula is C24H26N4O3S. The highest BCUT2D eigenvalue weighted by Gasteiger charge is 2.33. The number of rotatable bonds is 4. The fourth-order valence-electron chi connectivity index (χ4n) is 4.49. The molecule has 3 aromatic rings. The molecule has 0 radical (unpaired) electrons. The fraction of sp³-hybridized carbons (Fsp3) is 0.375. The van der Waals surface area contributed by atoms with Gasteiger partial charge in [-0.1, -0.05) is 24.3 Å². The van der Waals surface area contributed by atoms with E-state index in [1.807, 2.05) is 52.3 Å². The monoisotopic (exact) mass is 450 g/mol. The Balaban J connectivity index is 1.31. The van der Waals surface area contributed by atoms with Crippen molar-refractivity contribution in [3.05, 3.63) is 53.5 Å². The van der Waals surface area contributed by atoms with Crippen LogP contribution in [0.5, 0.6) is 5.75 Å². The van der Waals surface area contributed by atoms with E-state index in [9.17, 15) is 9.59 Å². The third kappa shape index (κ3) is 4.02. The van der Waals surface area contributed by atoms with Crippen LogP contribution in [0.3, 0.4) is 0 Å². The van der Waals surface area contributed by atoms with Crippen molar-refractivity contribution in [2.45, 2.75) is 24.9 Å². The van der Waals surface area contributed by atoms with Gasteiger partial charge in [0.15, 0.2) is 6.10 Å². The number of likely N-dealkylation sites (N-methyl/N-ethyl adjacent to an activating group) is 1. The average Bonchev–Trinajstić information content (AvgIpc) is 3.28. The summed E-state index contributed by atoms with van der Waals surface area (Å²) in [6.45, 7) is 2.01. The Morgan fingerprint density at radius 3 is 2.81 bits per heavy atom. The van der Waals surface area contributed by atoms with E-state index in [1.165, 1.54) is 4.70 Å². The number of hydrogen-bond donors (Lipinski definition) is 1. The van der Waals surface area contributed by atoms with Gasteiger partial charge in [-0.25, -0.2) is 4.98 Å². The summed E-state index contributed by atoms with van der Waals surface area (Å²) in [6, 6.07) is 15.7. The van der Waals surface area contributed by atoms with Gasteiger partial charge in [-0.2, -0.15) is 0 Å². The summed E-state index contributed by atoms with van der Waals surface area (Å²) in [6.07, 6.45) is 1.37. The fourth-order valence-corrected chi connectivity index (χ4v) is 5.58. The van der Waals surface area contributed by atoms with Gasteiger partial charge in [-0.15, -0.1) is 11.3 Å². The van der Waals surface area contributed by atoms with Gasteiger partial charge in [0.2, 0.25) is 5.91 Å². The number of anilines is 1. The first-order valence-corrected chi connectivity index (χ1v) is 11.8. The average molecular weight is 451 g/mol. The van der Waals surface area contributed by atoms with Crippen molar-refractivity contribution in [2.24, 2.45) is 0 Å². The van der Waals surface area contributed by atoms with Gasteiger partial charge in [0.25, 0.3) is 5.91 Å². The molecule has 7 nitrogen and oxygen atoms in total. The Morgan fingerprint density at radius 2 is 1.97 bits per heavy atom. The van der Waals surface area contributed by atoms with E-state index in [1.54, 1.807) is 18.4 Å². The zero-order valence-corrected chi connectivity index (χ0v) is 18.8. The lowest BCUT2D eigenvalue weighted by Gasteiger charge is -2.37. The second-order valence-corrected chi connectivity index (χ2v) is 9.33. The zero-order chi connectivity index (χ0) is 22.1. The number of carbonyl (C=O) groups is 2. The summed E-state index contributed by atoms with van der Waals surface area (Å²) in [5.74, 6) is 0.779. The van der Waals surface area contributed by atoms with Crippen molar-refractivity contribution < 1.29 is 14.3 Å². The summed E-state index contributed by atoms with van der Waals surface area (Å²) in [4.78, 5) is 34.3. The van der Waals surface area contributed by atoms with Gasteiger partial charge < -0.3 is 19.9 Å². The van der Waals surface area contributed by atoms with E-state index >= 15 is 0 Å². The number of para-hydroxylation sites is 3. The van der Waals surface area contributed by atoms with Crippen molar-refractivity contribution in [3.8, 4) is 5.75 Å². The summed E-state index contributed by atoms with van der Waals surface area (Å²) in [5, 5.41) is 3.76. The first-order chi connectivity index (χ1) is 15.6. The van der Waals surface area contributed by atoms with E-state index in [4.69, 9.17) is 9.72 Å². The Hall–Kier alpha value is -3.13. The maximum absolute atomic E-state index is 13.3. The van der Waals surface area contributed by atoms with Crippen LogP contribution < -0.4 is 15.0 Å². The molecule has 8 heteroatoms. The van der Waals surface area contributed by atoms with Crippen LogP contribution in [0.15, 0.2) is 48.5 Å². The van der Waals surface area contributed by atoms with Crippen molar-refractivity contribution in [3.63, 3.8) is 0 Å². The molecule has 5 rings (SSSR count). The highest BCUT2D eigenvalue weighted by molar-refractivity contribution is 7.18. The number of piperidine rings is 1. The van der Waals surface area contributed by atoms with Gasteiger partial charge in [-0.3, -0.25) is 9.59 Å². The highest BCUT2D eigenvalue weighted by atomic mass is 32.1. The number of nitrogens with one attached hydrogen (secondary N) is 1. The summed E-state index contributed by atoms with van der Waals surface area (Å²) in [5.41, 5.74) is 1.88. The maximum atomic E-state index is 13.3. The molecule has 0 spiro atoms. The number of amides is 2. The third-order valence-corrected chi connectivity index (χ3v) is 7.36. The number of ether oxygens (including phenoxy) is 1. The number of nitrogens with zero attached hydrogens (tertiary/aromatic N) is 3. The lowest BCUT2D eigenvalue weighted by molar-refractivity contribution is -0.132. The van der Waals surface area contributed by atoms with Crippen LogP contribution in [0.1, 0.15) is 23.8 Å². The number of fused-ring (bicyclic) bond motifs is 2. The zero-order valence-electron chi connectivity index (χ0n) is 18.0. The van der Waals surface area contributed by atoms with Crippen molar-refractivity contribution in [1.82, 2.24) is 15.2 Å². The van der Waals surface area contributed by atoms with E-state index in [-0.39, 0.29) is 24.3 Å². The summed E-state index contributed by atoms with van der Waals surface area (Å²) in [7, 11) is 1.59. The molecular weight excluding hydrogens is 424 g/mol. The number of likely N-dealkylation sites (tertiary alicyclic amines) is 1. The van der Waals surface area contributed by atoms with Crippen LogP contribution in [-0.2, 0) is 9.59 Å². The molecule has 3 heterocycles. The van der Waals surface area contributed by atoms with E-state index in [0.29, 0.717) is 18.8 Å². The number of carbonyl (C=O) groups excluding carboxylic acids is 2. The molecule has 1 N–H and O–H groups in total. The molecule has 32 heavy (non-hydrogen) atoms. The van der Waals surface area contributed by atoms with Gasteiger partial charge in [-0.05, 0) is 37.1 Å². The molecule has 1 saturated heterocycles. The molecule has 2 aromatic carbocycles. The van der Waals surface area contributed by atoms with E-state index < -0.39 is 6.10 Å². The molecule has 0 bridgehead atoms. The topological polar surface area (TPSA) is 74.8 Å². The normalized spacial score (nSPS) is 20.5. The molecule has 2 aliphatic heterocycles. The van der Waals surface area contributed by atoms with Gasteiger partial charge >= 0.3 is 0 Å². The molecule has 1 aromatic heterocycles. The van der Waals surface area contributed by atoms with E-state index in [2.05, 4.69) is 11.4 Å². The number of thiazole rings is 1. The van der Waals surface area contributed by atoms with E-state index in [0.717, 1.165) is 35.6 Å². The predicted molar refractivity (Wildman–Crippen MR) is 125 cm³/mol. The minimum absolute atomic E-state index is 0.0724. The maximum Gasteiger partial charge on any atom is 0.262 e. The minimum atomic E-state index is -0.639. The van der Waals surface area contributed by atoms with Crippen LogP contribution in [-0.4, -0.2) is 61.0 Å². The summed E-state index contributed by atoms with van der Waals surface area (Å²) >= 11 is 1.73. The van der Waals surface area contributed by atoms with Crippen molar-refractivity contribution >= 4 is 39.1 Å². The standard InChI is InChI=1S/C24H26N4O3S/c1-25-23(30)20-14-28(18-9-3-4-10-19(18)31-20)15-22(29)27-12-6-7-16(13-27)24-26-17-8-2-5-11-21(17)32-24/h2-5,8-11,16,20H,6-7,12-15H2,1H3,(H,25,30)/t16-,20-/m0/s1. The molecule has 166 valence electrons. The molecule has 2 amide bonds. The van der Waals surface area contributed by atoms with Crippen LogP contribution in [0, 0.1) is 0 Å². The number of benzene rings is 2. The Kier molecular flexibility index (Phi) is 5.70. The molecule has 2 atom stereocenters. The largest absolute Gasteiger partial charge is 0.477 e. The Bertz CT molecular complexity index is 1110. The number of aromatic nitrogens is 1. The SMILES string of the molecule is CNC(=O)[C@@H]1CN(CC(=O)N2CCC[C@H](c3nc4ccccc4s3)C2)c2ccccc2O1. The van der Waals surface area contributed by atoms with Gasteiger partial charge in [0.05, 0.1) is 34.0 Å². The predicted octanol–water partition coefficient (Wildman–Crippen LogP) is 3.02. The molecule has 0 unspecified atom stereocenters. The molecule has 2 aliphatic rings. The quantitative estimate of drug-likeness (QED) is 0.661. The highest BCUT2D eigenvalue weighted by Crippen LogP contribution is 2.35. The van der Waals surface area contributed by atoms with Crippen LogP contribution in [0.25, 0.3) is 10.2 Å². The first-order valence-electron chi connectivity index (χ1n) is 11.0. The second kappa shape index (κ2) is 8.78. The van der Waals surface area contributed by atoms with Crippen LogP contribution >= 0.6 is 11.3 Å². The molecule has 0 saturated carbocycles.